The second-order valence-corrected chi connectivity index (χ2v) is 6.20. The quantitative estimate of drug-likeness (QED) is 0.764. The lowest BCUT2D eigenvalue weighted by atomic mass is 10.2. The molecule has 3 rings (SSSR count). The average Bonchev–Trinajstić information content (AvgIpc) is 2.93. The van der Waals surface area contributed by atoms with Crippen molar-refractivity contribution < 1.29 is 9.47 Å². The van der Waals surface area contributed by atoms with E-state index in [2.05, 4.69) is 15.3 Å². The Hall–Kier alpha value is -2.05. The highest BCUT2D eigenvalue weighted by atomic mass is 35.5. The van der Waals surface area contributed by atoms with Crippen LogP contribution in [0.1, 0.15) is 5.56 Å². The maximum absolute atomic E-state index is 6.04. The van der Waals surface area contributed by atoms with Gasteiger partial charge in [0.1, 0.15) is 17.0 Å². The van der Waals surface area contributed by atoms with Gasteiger partial charge in [0.2, 0.25) is 0 Å². The average molecular weight is 336 g/mol. The van der Waals surface area contributed by atoms with Gasteiger partial charge in [-0.3, -0.25) is 0 Å². The van der Waals surface area contributed by atoms with Crippen molar-refractivity contribution in [3.63, 3.8) is 0 Å². The molecule has 2 aromatic heterocycles. The number of nitrogens with one attached hydrogen (secondary N) is 1. The molecule has 1 N–H and O–H groups in total. The van der Waals surface area contributed by atoms with Crippen molar-refractivity contribution in [2.75, 3.05) is 19.5 Å². The predicted octanol–water partition coefficient (Wildman–Crippen LogP) is 3.97. The smallest absolute Gasteiger partial charge is 0.161 e. The normalized spacial score (nSPS) is 10.7. The first-order valence-electron chi connectivity index (χ1n) is 6.56. The van der Waals surface area contributed by atoms with Crippen molar-refractivity contribution in [1.82, 2.24) is 9.97 Å². The minimum Gasteiger partial charge on any atom is -0.493 e. The summed E-state index contributed by atoms with van der Waals surface area (Å²) in [5, 5.41) is 4.24. The highest BCUT2D eigenvalue weighted by molar-refractivity contribution is 7.22. The van der Waals surface area contributed by atoms with Crippen LogP contribution in [0.3, 0.4) is 0 Å². The van der Waals surface area contributed by atoms with E-state index in [1.807, 2.05) is 24.3 Å². The summed E-state index contributed by atoms with van der Waals surface area (Å²) >= 11 is 7.47. The molecule has 0 aliphatic heterocycles. The van der Waals surface area contributed by atoms with E-state index in [0.717, 1.165) is 21.6 Å². The molecule has 0 saturated heterocycles. The van der Waals surface area contributed by atoms with Crippen LogP contribution >= 0.6 is 22.9 Å². The van der Waals surface area contributed by atoms with Crippen molar-refractivity contribution in [1.29, 1.82) is 0 Å². The van der Waals surface area contributed by atoms with Crippen LogP contribution < -0.4 is 14.8 Å². The standard InChI is InChI=1S/C15H14ClN3O2S/c1-20-11-4-3-9(5-12(11)21-2)7-17-14-10-6-13(16)22-15(10)19-8-18-14/h3-6,8H,7H2,1-2H3,(H,17,18,19). The fourth-order valence-corrected chi connectivity index (χ4v) is 3.20. The van der Waals surface area contributed by atoms with E-state index in [1.165, 1.54) is 17.7 Å². The summed E-state index contributed by atoms with van der Waals surface area (Å²) in [7, 11) is 3.24. The van der Waals surface area contributed by atoms with Gasteiger partial charge in [0.15, 0.2) is 11.5 Å². The molecule has 0 aliphatic rings. The Morgan fingerprint density at radius 2 is 1.95 bits per heavy atom. The van der Waals surface area contributed by atoms with Crippen molar-refractivity contribution in [3.8, 4) is 11.5 Å². The first kappa shape index (κ1) is 14.9. The molecule has 22 heavy (non-hydrogen) atoms. The van der Waals surface area contributed by atoms with Gasteiger partial charge in [-0.25, -0.2) is 9.97 Å². The molecule has 114 valence electrons. The number of nitrogens with zero attached hydrogens (tertiary/aromatic N) is 2. The Morgan fingerprint density at radius 1 is 1.14 bits per heavy atom. The van der Waals surface area contributed by atoms with Gasteiger partial charge >= 0.3 is 0 Å². The number of anilines is 1. The molecule has 7 heteroatoms. The molecule has 1 aromatic carbocycles. The third kappa shape index (κ3) is 2.93. The molecular weight excluding hydrogens is 322 g/mol. The Labute approximate surface area is 136 Å². The largest absolute Gasteiger partial charge is 0.493 e. The summed E-state index contributed by atoms with van der Waals surface area (Å²) < 4.78 is 11.2. The minimum absolute atomic E-state index is 0.611. The van der Waals surface area contributed by atoms with Crippen LogP contribution in [0.2, 0.25) is 4.34 Å². The number of fused-ring (bicyclic) bond motifs is 1. The number of thiophene rings is 1. The van der Waals surface area contributed by atoms with Crippen molar-refractivity contribution in [2.24, 2.45) is 0 Å². The van der Waals surface area contributed by atoms with Gasteiger partial charge < -0.3 is 14.8 Å². The molecule has 0 saturated carbocycles. The number of methoxy groups -OCH3 is 2. The lowest BCUT2D eigenvalue weighted by molar-refractivity contribution is 0.354. The molecule has 5 nitrogen and oxygen atoms in total. The summed E-state index contributed by atoms with van der Waals surface area (Å²) in [5.41, 5.74) is 1.06. The zero-order valence-corrected chi connectivity index (χ0v) is 13.7. The SMILES string of the molecule is COc1ccc(CNc2ncnc3sc(Cl)cc23)cc1OC. The molecule has 0 spiro atoms. The van der Waals surface area contributed by atoms with Crippen LogP contribution in [0.5, 0.6) is 11.5 Å². The number of hydrogen-bond acceptors (Lipinski definition) is 6. The molecule has 0 amide bonds. The number of halogens is 1. The molecule has 0 fully saturated rings. The lowest BCUT2D eigenvalue weighted by Gasteiger charge is -2.11. The summed E-state index contributed by atoms with van der Waals surface area (Å²) in [6.45, 7) is 0.611. The second kappa shape index (κ2) is 6.37. The van der Waals surface area contributed by atoms with Gasteiger partial charge in [-0.1, -0.05) is 17.7 Å². The first-order valence-corrected chi connectivity index (χ1v) is 7.75. The molecule has 3 aromatic rings. The second-order valence-electron chi connectivity index (χ2n) is 4.53. The zero-order valence-electron chi connectivity index (χ0n) is 12.1. The van der Waals surface area contributed by atoms with Gasteiger partial charge in [-0.15, -0.1) is 11.3 Å². The highest BCUT2D eigenvalue weighted by Crippen LogP contribution is 2.32. The van der Waals surface area contributed by atoms with E-state index in [4.69, 9.17) is 21.1 Å². The number of rotatable bonds is 5. The molecule has 0 unspecified atom stereocenters. The Morgan fingerprint density at radius 3 is 2.73 bits per heavy atom. The van der Waals surface area contributed by atoms with Crippen LogP contribution in [0.4, 0.5) is 5.82 Å². The van der Waals surface area contributed by atoms with Gasteiger partial charge in [0.25, 0.3) is 0 Å². The Kier molecular flexibility index (Phi) is 4.31. The van der Waals surface area contributed by atoms with Crippen LogP contribution in [0, 0.1) is 0 Å². The van der Waals surface area contributed by atoms with E-state index < -0.39 is 0 Å². The predicted molar refractivity (Wildman–Crippen MR) is 89.3 cm³/mol. The van der Waals surface area contributed by atoms with Gasteiger partial charge in [0, 0.05) is 6.54 Å². The summed E-state index contributed by atoms with van der Waals surface area (Å²) in [5.74, 6) is 2.18. The topological polar surface area (TPSA) is 56.3 Å². The van der Waals surface area contributed by atoms with E-state index in [9.17, 15) is 0 Å². The van der Waals surface area contributed by atoms with Crippen LogP contribution in [0.15, 0.2) is 30.6 Å². The van der Waals surface area contributed by atoms with Crippen LogP contribution in [-0.4, -0.2) is 24.2 Å². The summed E-state index contributed by atoms with van der Waals surface area (Å²) in [6, 6.07) is 7.67. The summed E-state index contributed by atoms with van der Waals surface area (Å²) in [6.07, 6.45) is 1.53. The Bertz CT molecular complexity index is 807. The monoisotopic (exact) mass is 335 g/mol. The van der Waals surface area contributed by atoms with Crippen LogP contribution in [0.25, 0.3) is 10.2 Å². The van der Waals surface area contributed by atoms with Crippen molar-refractivity contribution >= 4 is 39.0 Å². The van der Waals surface area contributed by atoms with E-state index in [1.54, 1.807) is 14.2 Å². The van der Waals surface area contributed by atoms with E-state index in [0.29, 0.717) is 22.4 Å². The zero-order chi connectivity index (χ0) is 15.5. The molecule has 0 atom stereocenters. The molecule has 2 heterocycles. The number of hydrogen-bond donors (Lipinski definition) is 1. The number of benzene rings is 1. The first-order chi connectivity index (χ1) is 10.7. The molecular formula is C15H14ClN3O2S. The Balaban J connectivity index is 1.82. The third-order valence-electron chi connectivity index (χ3n) is 3.21. The van der Waals surface area contributed by atoms with Crippen molar-refractivity contribution in [3.05, 3.63) is 40.5 Å². The van der Waals surface area contributed by atoms with Crippen LogP contribution in [-0.2, 0) is 6.54 Å². The number of ether oxygens (including phenoxy) is 2. The summed E-state index contributed by atoms with van der Waals surface area (Å²) in [4.78, 5) is 9.37. The van der Waals surface area contributed by atoms with E-state index in [-0.39, 0.29) is 0 Å². The lowest BCUT2D eigenvalue weighted by Crippen LogP contribution is -2.02. The van der Waals surface area contributed by atoms with Gasteiger partial charge in [-0.2, -0.15) is 0 Å². The minimum atomic E-state index is 0.611. The maximum Gasteiger partial charge on any atom is 0.161 e. The number of aromatic nitrogens is 2. The van der Waals surface area contributed by atoms with E-state index >= 15 is 0 Å². The van der Waals surface area contributed by atoms with Crippen molar-refractivity contribution in [2.45, 2.75) is 6.54 Å². The molecule has 0 bridgehead atoms. The molecule has 0 radical (unpaired) electrons. The van der Waals surface area contributed by atoms with Gasteiger partial charge in [-0.05, 0) is 23.8 Å². The fraction of sp³-hybridized carbons (Fsp3) is 0.200. The highest BCUT2D eigenvalue weighted by Gasteiger charge is 2.09. The maximum atomic E-state index is 6.04. The molecule has 0 aliphatic carbocycles. The fourth-order valence-electron chi connectivity index (χ4n) is 2.14. The third-order valence-corrected chi connectivity index (χ3v) is 4.38. The van der Waals surface area contributed by atoms with Gasteiger partial charge in [0.05, 0.1) is 23.9 Å².